The van der Waals surface area contributed by atoms with Crippen LogP contribution in [0.25, 0.3) is 0 Å². The summed E-state index contributed by atoms with van der Waals surface area (Å²) >= 11 is 0. The minimum Gasteiger partial charge on any atom is -0.213 e. The second-order valence-electron chi connectivity index (χ2n) is 3.76. The van der Waals surface area contributed by atoms with Crippen molar-refractivity contribution in [3.8, 4) is 0 Å². The molecule has 0 aromatic heterocycles. The van der Waals surface area contributed by atoms with E-state index in [4.69, 9.17) is 0 Å². The second-order valence-corrected chi connectivity index (χ2v) is 5.54. The van der Waals surface area contributed by atoms with E-state index in [1.54, 1.807) is 0 Å². The van der Waals surface area contributed by atoms with Gasteiger partial charge in [0.05, 0.1) is 6.26 Å². The fourth-order valence-electron chi connectivity index (χ4n) is 1.44. The summed E-state index contributed by atoms with van der Waals surface area (Å²) in [5.41, 5.74) is 2.18. The fourth-order valence-corrected chi connectivity index (χ4v) is 2.26. The lowest BCUT2D eigenvalue weighted by atomic mass is 10.0. The van der Waals surface area contributed by atoms with E-state index in [9.17, 15) is 8.42 Å². The minimum absolute atomic E-state index is 0.124. The summed E-state index contributed by atoms with van der Waals surface area (Å²) < 4.78 is 24.9. The first-order chi connectivity index (χ1) is 6.92. The lowest BCUT2D eigenvalue weighted by Crippen LogP contribution is -2.26. The molecule has 0 saturated heterocycles. The number of aryl methyl sites for hydroxylation is 1. The number of rotatable bonds is 4. The third-order valence-corrected chi connectivity index (χ3v) is 2.96. The standard InChI is InChI=1S/C11H17NO2S/c1-4-11(12-15(3,13)14)10-7-5-9(2)6-8-10/h5-8,11-12H,4H2,1-3H3. The van der Waals surface area contributed by atoms with Crippen molar-refractivity contribution in [2.45, 2.75) is 26.3 Å². The van der Waals surface area contributed by atoms with Gasteiger partial charge < -0.3 is 0 Å². The smallest absolute Gasteiger partial charge is 0.209 e. The lowest BCUT2D eigenvalue weighted by Gasteiger charge is -2.15. The van der Waals surface area contributed by atoms with E-state index in [1.165, 1.54) is 11.8 Å². The van der Waals surface area contributed by atoms with Crippen molar-refractivity contribution in [1.82, 2.24) is 4.72 Å². The van der Waals surface area contributed by atoms with Crippen molar-refractivity contribution in [1.29, 1.82) is 0 Å². The highest BCUT2D eigenvalue weighted by Crippen LogP contribution is 2.17. The molecule has 1 N–H and O–H groups in total. The summed E-state index contributed by atoms with van der Waals surface area (Å²) in [6, 6.07) is 7.77. The van der Waals surface area contributed by atoms with E-state index in [0.29, 0.717) is 0 Å². The molecule has 0 bridgehead atoms. The average molecular weight is 227 g/mol. The fraction of sp³-hybridized carbons (Fsp3) is 0.455. The van der Waals surface area contributed by atoms with E-state index in [2.05, 4.69) is 4.72 Å². The maximum absolute atomic E-state index is 11.1. The van der Waals surface area contributed by atoms with Crippen molar-refractivity contribution in [3.05, 3.63) is 35.4 Å². The van der Waals surface area contributed by atoms with Crippen molar-refractivity contribution < 1.29 is 8.42 Å². The first-order valence-corrected chi connectivity index (χ1v) is 6.85. The van der Waals surface area contributed by atoms with Crippen LogP contribution in [-0.2, 0) is 10.0 Å². The molecule has 84 valence electrons. The molecule has 4 heteroatoms. The molecule has 3 nitrogen and oxygen atoms in total. The Morgan fingerprint density at radius 3 is 2.20 bits per heavy atom. The Balaban J connectivity index is 2.88. The molecule has 0 amide bonds. The number of sulfonamides is 1. The van der Waals surface area contributed by atoms with Gasteiger partial charge in [0.15, 0.2) is 0 Å². The Kier molecular flexibility index (Phi) is 3.88. The van der Waals surface area contributed by atoms with Gasteiger partial charge in [0.25, 0.3) is 0 Å². The lowest BCUT2D eigenvalue weighted by molar-refractivity contribution is 0.555. The first-order valence-electron chi connectivity index (χ1n) is 4.96. The van der Waals surface area contributed by atoms with Gasteiger partial charge >= 0.3 is 0 Å². The molecule has 0 aliphatic heterocycles. The van der Waals surface area contributed by atoms with E-state index in [1.807, 2.05) is 38.1 Å². The monoisotopic (exact) mass is 227 g/mol. The van der Waals surface area contributed by atoms with Gasteiger partial charge in [-0.1, -0.05) is 36.8 Å². The largest absolute Gasteiger partial charge is 0.213 e. The van der Waals surface area contributed by atoms with Crippen LogP contribution < -0.4 is 4.72 Å². The summed E-state index contributed by atoms with van der Waals surface area (Å²) in [7, 11) is -3.14. The zero-order valence-corrected chi connectivity index (χ0v) is 10.1. The van der Waals surface area contributed by atoms with Crippen molar-refractivity contribution >= 4 is 10.0 Å². The number of hydrogen-bond acceptors (Lipinski definition) is 2. The van der Waals surface area contributed by atoms with Crippen molar-refractivity contribution in [2.24, 2.45) is 0 Å². The molecule has 0 heterocycles. The molecule has 0 aliphatic rings. The Labute approximate surface area is 91.6 Å². The molecular weight excluding hydrogens is 210 g/mol. The van der Waals surface area contributed by atoms with Gasteiger partial charge in [-0.25, -0.2) is 13.1 Å². The number of nitrogens with one attached hydrogen (secondary N) is 1. The normalized spacial score (nSPS) is 13.8. The Morgan fingerprint density at radius 1 is 1.27 bits per heavy atom. The molecule has 0 saturated carbocycles. The molecule has 0 fully saturated rings. The van der Waals surface area contributed by atoms with Crippen LogP contribution in [0.5, 0.6) is 0 Å². The Hall–Kier alpha value is -0.870. The topological polar surface area (TPSA) is 46.2 Å². The van der Waals surface area contributed by atoms with Gasteiger partial charge in [-0.05, 0) is 18.9 Å². The van der Waals surface area contributed by atoms with Crippen molar-refractivity contribution in [3.63, 3.8) is 0 Å². The van der Waals surface area contributed by atoms with Gasteiger partial charge in [-0.15, -0.1) is 0 Å². The van der Waals surface area contributed by atoms with Crippen LogP contribution in [0.3, 0.4) is 0 Å². The van der Waals surface area contributed by atoms with Crippen LogP contribution >= 0.6 is 0 Å². The molecule has 1 rings (SSSR count). The summed E-state index contributed by atoms with van der Waals surface area (Å²) in [5.74, 6) is 0. The predicted octanol–water partition coefficient (Wildman–Crippen LogP) is 2.00. The number of hydrogen-bond donors (Lipinski definition) is 1. The van der Waals surface area contributed by atoms with Crippen LogP contribution in [0.2, 0.25) is 0 Å². The molecule has 0 spiro atoms. The molecule has 1 aromatic carbocycles. The number of benzene rings is 1. The van der Waals surface area contributed by atoms with E-state index in [0.717, 1.165) is 12.0 Å². The molecule has 0 aliphatic carbocycles. The van der Waals surface area contributed by atoms with Gasteiger partial charge in [0, 0.05) is 6.04 Å². The van der Waals surface area contributed by atoms with Gasteiger partial charge in [-0.2, -0.15) is 0 Å². The highest BCUT2D eigenvalue weighted by Gasteiger charge is 2.13. The van der Waals surface area contributed by atoms with Gasteiger partial charge in [0.1, 0.15) is 0 Å². The summed E-state index contributed by atoms with van der Waals surface area (Å²) in [4.78, 5) is 0. The Morgan fingerprint density at radius 2 is 1.80 bits per heavy atom. The molecular formula is C11H17NO2S. The van der Waals surface area contributed by atoms with Gasteiger partial charge in [-0.3, -0.25) is 0 Å². The van der Waals surface area contributed by atoms with E-state index < -0.39 is 10.0 Å². The quantitative estimate of drug-likeness (QED) is 0.855. The average Bonchev–Trinajstić information content (AvgIpc) is 2.14. The Bertz CT molecular complexity index is 409. The maximum Gasteiger partial charge on any atom is 0.209 e. The summed E-state index contributed by atoms with van der Waals surface area (Å²) in [5, 5.41) is 0. The predicted molar refractivity (Wildman–Crippen MR) is 62.2 cm³/mol. The highest BCUT2D eigenvalue weighted by molar-refractivity contribution is 7.88. The van der Waals surface area contributed by atoms with E-state index >= 15 is 0 Å². The van der Waals surface area contributed by atoms with Crippen LogP contribution in [0, 0.1) is 6.92 Å². The molecule has 1 atom stereocenters. The first kappa shape index (κ1) is 12.2. The molecule has 15 heavy (non-hydrogen) atoms. The zero-order valence-electron chi connectivity index (χ0n) is 9.32. The zero-order chi connectivity index (χ0) is 11.5. The molecule has 1 aromatic rings. The third kappa shape index (κ3) is 4.01. The van der Waals surface area contributed by atoms with Crippen LogP contribution in [0.15, 0.2) is 24.3 Å². The van der Waals surface area contributed by atoms with Crippen LogP contribution in [0.4, 0.5) is 0 Å². The SMILES string of the molecule is CCC(NS(C)(=O)=O)c1ccc(C)cc1. The van der Waals surface area contributed by atoms with Crippen LogP contribution in [-0.4, -0.2) is 14.7 Å². The third-order valence-electron chi connectivity index (χ3n) is 2.24. The van der Waals surface area contributed by atoms with Crippen molar-refractivity contribution in [2.75, 3.05) is 6.26 Å². The maximum atomic E-state index is 11.1. The summed E-state index contributed by atoms with van der Waals surface area (Å²) in [6.45, 7) is 3.97. The van der Waals surface area contributed by atoms with E-state index in [-0.39, 0.29) is 6.04 Å². The second kappa shape index (κ2) is 4.77. The minimum atomic E-state index is -3.14. The summed E-state index contributed by atoms with van der Waals surface area (Å²) in [6.07, 6.45) is 1.93. The van der Waals surface area contributed by atoms with Gasteiger partial charge in [0.2, 0.25) is 10.0 Å². The van der Waals surface area contributed by atoms with Crippen LogP contribution in [0.1, 0.15) is 30.5 Å². The molecule has 1 unspecified atom stereocenters. The highest BCUT2D eigenvalue weighted by atomic mass is 32.2. The molecule has 0 radical (unpaired) electrons.